The van der Waals surface area contributed by atoms with Crippen molar-refractivity contribution < 1.29 is 35.7 Å². The molecule has 10 nitrogen and oxygen atoms in total. The molecular formula is C16H30N4O6S2. The maximum absolute atomic E-state index is 10.7. The van der Waals surface area contributed by atoms with E-state index in [0.29, 0.717) is 6.07 Å². The Morgan fingerprint density at radius 3 is 1.25 bits per heavy atom. The van der Waals surface area contributed by atoms with Gasteiger partial charge in [0.05, 0.1) is 62.4 Å². The van der Waals surface area contributed by atoms with Gasteiger partial charge in [-0.15, -0.1) is 0 Å². The number of likely N-dealkylation sites (N-methyl/N-ethyl adjacent to an activating group) is 2. The van der Waals surface area contributed by atoms with Gasteiger partial charge in [-0.1, -0.05) is 13.2 Å². The van der Waals surface area contributed by atoms with E-state index in [4.69, 9.17) is 11.5 Å². The fraction of sp³-hybridized carbons (Fsp3) is 0.375. The molecule has 162 valence electrons. The van der Waals surface area contributed by atoms with Gasteiger partial charge in [0.25, 0.3) is 0 Å². The first-order valence-electron chi connectivity index (χ1n) is 7.98. The molecule has 12 heteroatoms. The molecule has 1 aromatic carbocycles. The van der Waals surface area contributed by atoms with Crippen molar-refractivity contribution in [2.24, 2.45) is 0 Å². The van der Waals surface area contributed by atoms with Crippen molar-refractivity contribution in [2.75, 3.05) is 52.7 Å². The van der Waals surface area contributed by atoms with Crippen molar-refractivity contribution >= 4 is 31.6 Å². The first-order valence-corrected chi connectivity index (χ1v) is 10.8. The van der Waals surface area contributed by atoms with Crippen LogP contribution in [0.1, 0.15) is 0 Å². The average Bonchev–Trinajstić information content (AvgIpc) is 2.45. The highest BCUT2D eigenvalue weighted by Gasteiger charge is 2.14. The number of nitrogens with one attached hydrogen (secondary N) is 2. The van der Waals surface area contributed by atoms with Gasteiger partial charge in [-0.25, -0.2) is 16.8 Å². The molecule has 0 fully saturated rings. The molecule has 0 atom stereocenters. The van der Waals surface area contributed by atoms with E-state index in [-0.39, 0.29) is 0 Å². The maximum Gasteiger partial charge on any atom is 0.126 e. The molecule has 28 heavy (non-hydrogen) atoms. The number of hydrogen-bond acceptors (Lipinski definition) is 8. The first-order chi connectivity index (χ1) is 12.6. The lowest BCUT2D eigenvalue weighted by Gasteiger charge is -2.15. The summed E-state index contributed by atoms with van der Waals surface area (Å²) in [5.41, 5.74) is 9.30. The van der Waals surface area contributed by atoms with Gasteiger partial charge in [0.15, 0.2) is 0 Å². The fourth-order valence-corrected chi connectivity index (χ4v) is 2.90. The van der Waals surface area contributed by atoms with Crippen molar-refractivity contribution in [3.8, 4) is 0 Å². The third kappa shape index (κ3) is 12.4. The quantitative estimate of drug-likeness (QED) is 0.211. The Labute approximate surface area is 167 Å². The highest BCUT2D eigenvalue weighted by atomic mass is 32.2. The smallest absolute Gasteiger partial charge is 0.126 e. The third-order valence-corrected chi connectivity index (χ3v) is 4.57. The molecule has 0 aliphatic heterocycles. The predicted molar refractivity (Wildman–Crippen MR) is 107 cm³/mol. The molecule has 6 N–H and O–H groups in total. The van der Waals surface area contributed by atoms with E-state index >= 15 is 0 Å². The molecule has 0 heterocycles. The highest BCUT2D eigenvalue weighted by molar-refractivity contribution is 7.86. The molecule has 0 saturated carbocycles. The van der Waals surface area contributed by atoms with Gasteiger partial charge in [-0.3, -0.25) is 0 Å². The Morgan fingerprint density at radius 2 is 1.11 bits per heavy atom. The number of benzene rings is 1. The summed E-state index contributed by atoms with van der Waals surface area (Å²) in [6.45, 7) is 9.27. The zero-order valence-corrected chi connectivity index (χ0v) is 18.2. The summed E-state index contributed by atoms with van der Waals surface area (Å²) in [7, 11) is -1.54. The van der Waals surface area contributed by atoms with E-state index in [1.165, 1.54) is 9.80 Å². The van der Waals surface area contributed by atoms with Crippen molar-refractivity contribution in [2.45, 2.75) is 9.79 Å². The molecule has 0 aromatic heterocycles. The zero-order valence-electron chi connectivity index (χ0n) is 16.6. The van der Waals surface area contributed by atoms with Crippen LogP contribution in [-0.2, 0) is 20.2 Å². The molecule has 0 spiro atoms. The van der Waals surface area contributed by atoms with E-state index in [1.54, 1.807) is 0 Å². The normalized spacial score (nSPS) is 11.1. The van der Waals surface area contributed by atoms with E-state index in [1.807, 2.05) is 12.2 Å². The molecule has 0 bridgehead atoms. The molecule has 0 aliphatic carbocycles. The van der Waals surface area contributed by atoms with Crippen LogP contribution in [0, 0.1) is 0 Å². The van der Waals surface area contributed by atoms with Crippen molar-refractivity contribution in [3.05, 3.63) is 37.4 Å². The van der Waals surface area contributed by atoms with E-state index in [0.717, 1.165) is 19.2 Å². The zero-order chi connectivity index (χ0) is 22.7. The largest absolute Gasteiger partial charge is 0.744 e. The second-order valence-electron chi connectivity index (χ2n) is 6.24. The van der Waals surface area contributed by atoms with Crippen LogP contribution in [0.3, 0.4) is 0 Å². The molecule has 0 saturated heterocycles. The molecule has 1 rings (SSSR count). The summed E-state index contributed by atoms with van der Waals surface area (Å²) >= 11 is 0. The highest BCUT2D eigenvalue weighted by Crippen LogP contribution is 2.27. The molecule has 0 unspecified atom stereocenters. The topological polar surface area (TPSA) is 175 Å². The van der Waals surface area contributed by atoms with Crippen molar-refractivity contribution in [3.63, 3.8) is 0 Å². The van der Waals surface area contributed by atoms with Gasteiger partial charge >= 0.3 is 0 Å². The van der Waals surface area contributed by atoms with Crippen LogP contribution in [0.25, 0.3) is 0 Å². The Kier molecular flexibility index (Phi) is 12.6. The Bertz CT molecular complexity index is 783. The number of hydrogen-bond donors (Lipinski definition) is 4. The number of quaternary nitrogens is 2. The third-order valence-electron chi connectivity index (χ3n) is 2.79. The van der Waals surface area contributed by atoms with Crippen molar-refractivity contribution in [1.29, 1.82) is 0 Å². The molecule has 0 radical (unpaired) electrons. The standard InChI is InChI=1S/C6H8N2O6S2.2C5H11N/c7-3-1-4(8)6(16(12,13)14)2-5(3)15(9,10)11;2*1-4-5-6(2)3/h1-2H,7-8H2,(H,9,10,11)(H,12,13,14);2*4H,1,5H2,2-3H3. The predicted octanol–water partition coefficient (Wildman–Crippen LogP) is -2.71. The van der Waals surface area contributed by atoms with Gasteiger partial charge in [0.2, 0.25) is 0 Å². The van der Waals surface area contributed by atoms with Crippen LogP contribution in [0.5, 0.6) is 0 Å². The van der Waals surface area contributed by atoms with Gasteiger partial charge in [-0.2, -0.15) is 0 Å². The summed E-state index contributed by atoms with van der Waals surface area (Å²) < 4.78 is 64.0. The minimum atomic E-state index is -4.97. The van der Waals surface area contributed by atoms with Gasteiger partial charge in [-0.05, 0) is 24.3 Å². The number of anilines is 2. The van der Waals surface area contributed by atoms with E-state index in [9.17, 15) is 25.9 Å². The summed E-state index contributed by atoms with van der Waals surface area (Å²) in [5.74, 6) is 0. The number of rotatable bonds is 6. The van der Waals surface area contributed by atoms with Crippen molar-refractivity contribution in [1.82, 2.24) is 0 Å². The number of nitrogens with two attached hydrogens (primary N) is 2. The summed E-state index contributed by atoms with van der Waals surface area (Å²) in [4.78, 5) is 0.863. The van der Waals surface area contributed by atoms with E-state index in [2.05, 4.69) is 41.3 Å². The summed E-state index contributed by atoms with van der Waals surface area (Å²) in [5, 5.41) is 0. The lowest BCUT2D eigenvalue weighted by atomic mass is 10.3. The second-order valence-corrected chi connectivity index (χ2v) is 8.93. The minimum absolute atomic E-state index is 0.356. The Morgan fingerprint density at radius 1 is 0.821 bits per heavy atom. The van der Waals surface area contributed by atoms with Crippen LogP contribution in [0.2, 0.25) is 0 Å². The van der Waals surface area contributed by atoms with E-state index < -0.39 is 41.4 Å². The van der Waals surface area contributed by atoms with Gasteiger partial charge in [0.1, 0.15) is 20.2 Å². The first kappa shape index (κ1) is 28.3. The van der Waals surface area contributed by atoms with Gasteiger partial charge < -0.3 is 30.4 Å². The van der Waals surface area contributed by atoms with Crippen LogP contribution in [0.15, 0.2) is 47.2 Å². The lowest BCUT2D eigenvalue weighted by molar-refractivity contribution is -0.851. The average molecular weight is 439 g/mol. The Hall–Kier alpha value is -1.96. The van der Waals surface area contributed by atoms with Crippen LogP contribution < -0.4 is 21.3 Å². The fourth-order valence-electron chi connectivity index (χ4n) is 1.61. The number of nitrogen functional groups attached to an aromatic ring is 2. The SMILES string of the molecule is C=CC[NH+](C)C.C=CC[NH+](C)C.Nc1cc(N)c(S(=O)(=O)[O-])cc1S(=O)(=O)[O-]. The minimum Gasteiger partial charge on any atom is -0.744 e. The second kappa shape index (κ2) is 12.5. The molecule has 0 aliphatic rings. The summed E-state index contributed by atoms with van der Waals surface area (Å²) in [6.07, 6.45) is 3.82. The van der Waals surface area contributed by atoms with Crippen LogP contribution in [0.4, 0.5) is 11.4 Å². The van der Waals surface area contributed by atoms with Crippen LogP contribution in [-0.4, -0.2) is 67.2 Å². The Balaban J connectivity index is 0. The monoisotopic (exact) mass is 438 g/mol. The van der Waals surface area contributed by atoms with Crippen LogP contribution >= 0.6 is 0 Å². The summed E-state index contributed by atoms with van der Waals surface area (Å²) in [6, 6.07) is 1.09. The molecule has 1 aromatic rings. The molecular weight excluding hydrogens is 408 g/mol. The van der Waals surface area contributed by atoms with Gasteiger partial charge in [0, 0.05) is 0 Å². The maximum atomic E-state index is 10.7. The lowest BCUT2D eigenvalue weighted by Crippen LogP contribution is -3.05. The molecule has 0 amide bonds.